The molecule has 2 amide bonds. The number of carbonyl (C=O) groups excluding carboxylic acids is 2. The van der Waals surface area contributed by atoms with E-state index in [-0.39, 0.29) is 23.3 Å². The van der Waals surface area contributed by atoms with Crippen LogP contribution in [0.3, 0.4) is 0 Å². The number of nitrogens with zero attached hydrogens (tertiary/aromatic N) is 2. The van der Waals surface area contributed by atoms with E-state index in [1.165, 1.54) is 6.42 Å². The molecule has 2 N–H and O–H groups in total. The maximum absolute atomic E-state index is 13.2. The lowest BCUT2D eigenvalue weighted by Crippen LogP contribution is -2.56. The van der Waals surface area contributed by atoms with Crippen molar-refractivity contribution in [1.82, 2.24) is 15.1 Å². The lowest BCUT2D eigenvalue weighted by molar-refractivity contribution is -0.192. The van der Waals surface area contributed by atoms with E-state index < -0.39 is 12.1 Å². The predicted octanol–water partition coefficient (Wildman–Crippen LogP) is 3.77. The number of halogens is 3. The number of aliphatic carboxylic acids is 1. The number of hydrogen-bond donors (Lipinski definition) is 2. The van der Waals surface area contributed by atoms with Gasteiger partial charge in [-0.05, 0) is 43.9 Å². The molecule has 4 heterocycles. The number of ether oxygens (including phenoxy) is 1. The molecular weight excluding hydrogens is 519 g/mol. The lowest BCUT2D eigenvalue weighted by Gasteiger charge is -2.42. The summed E-state index contributed by atoms with van der Waals surface area (Å²) in [6, 6.07) is 7.43. The average Bonchev–Trinajstić information content (AvgIpc) is 3.57. The topological polar surface area (TPSA) is 112 Å². The van der Waals surface area contributed by atoms with Crippen LogP contribution in [0.2, 0.25) is 0 Å². The summed E-state index contributed by atoms with van der Waals surface area (Å²) in [4.78, 5) is 39.2. The van der Waals surface area contributed by atoms with Crippen LogP contribution in [0.5, 0.6) is 5.75 Å². The summed E-state index contributed by atoms with van der Waals surface area (Å²) in [6.45, 7) is 8.66. The Morgan fingerprint density at radius 3 is 2.49 bits per heavy atom. The molecule has 3 aliphatic rings. The van der Waals surface area contributed by atoms with E-state index in [4.69, 9.17) is 19.1 Å². The minimum Gasteiger partial charge on any atom is -0.493 e. The van der Waals surface area contributed by atoms with Gasteiger partial charge in [0.1, 0.15) is 0 Å². The second kappa shape index (κ2) is 11.1. The Bertz CT molecular complexity index is 1220. The second-order valence-corrected chi connectivity index (χ2v) is 10.9. The quantitative estimate of drug-likeness (QED) is 0.580. The molecule has 12 heteroatoms. The molecule has 2 atom stereocenters. The minimum atomic E-state index is -5.08. The molecule has 9 nitrogen and oxygen atoms in total. The summed E-state index contributed by atoms with van der Waals surface area (Å²) >= 11 is 0. The Kier molecular flexibility index (Phi) is 8.15. The van der Waals surface area contributed by atoms with Gasteiger partial charge < -0.3 is 29.4 Å². The third-order valence-electron chi connectivity index (χ3n) is 7.96. The fraction of sp³-hybridized carbons (Fsp3) is 0.593. The highest BCUT2D eigenvalue weighted by Crippen LogP contribution is 2.44. The van der Waals surface area contributed by atoms with Gasteiger partial charge in [0, 0.05) is 43.0 Å². The number of piperidine rings is 1. The van der Waals surface area contributed by atoms with Gasteiger partial charge in [0.15, 0.2) is 17.1 Å². The number of para-hydroxylation sites is 1. The zero-order valence-corrected chi connectivity index (χ0v) is 22.2. The van der Waals surface area contributed by atoms with Gasteiger partial charge in [-0.15, -0.1) is 0 Å². The first-order valence-electron chi connectivity index (χ1n) is 13.0. The Morgan fingerprint density at radius 2 is 1.90 bits per heavy atom. The highest BCUT2D eigenvalue weighted by atomic mass is 19.4. The van der Waals surface area contributed by atoms with Crippen LogP contribution in [0, 0.1) is 17.8 Å². The van der Waals surface area contributed by atoms with Gasteiger partial charge in [0.2, 0.25) is 5.91 Å². The maximum atomic E-state index is 13.2. The van der Waals surface area contributed by atoms with Crippen LogP contribution >= 0.6 is 0 Å². The molecule has 3 saturated heterocycles. The molecule has 1 spiro atoms. The van der Waals surface area contributed by atoms with Crippen molar-refractivity contribution in [2.45, 2.75) is 44.8 Å². The second-order valence-electron chi connectivity index (χ2n) is 10.9. The summed E-state index contributed by atoms with van der Waals surface area (Å²) in [5, 5.41) is 11.3. The van der Waals surface area contributed by atoms with Crippen molar-refractivity contribution in [3.05, 3.63) is 30.0 Å². The molecule has 0 unspecified atom stereocenters. The zero-order chi connectivity index (χ0) is 28.5. The van der Waals surface area contributed by atoms with Crippen LogP contribution in [-0.2, 0) is 9.59 Å². The molecule has 1 aromatic carbocycles. The Hall–Kier alpha value is -3.28. The number of fused-ring (bicyclic) bond motifs is 3. The number of alkyl halides is 3. The van der Waals surface area contributed by atoms with E-state index >= 15 is 0 Å². The Morgan fingerprint density at radius 1 is 1.23 bits per heavy atom. The first kappa shape index (κ1) is 28.7. The zero-order valence-electron chi connectivity index (χ0n) is 22.2. The van der Waals surface area contributed by atoms with Crippen LogP contribution in [-0.4, -0.2) is 84.2 Å². The summed E-state index contributed by atoms with van der Waals surface area (Å²) in [5.74, 6) is -0.577. The highest BCUT2D eigenvalue weighted by Gasteiger charge is 2.57. The van der Waals surface area contributed by atoms with Crippen LogP contribution in [0.1, 0.15) is 43.7 Å². The standard InChI is InChI=1S/C25H33N3O4.C2HF3O2/c1-16(2)7-10-27-14-18-19(15-27)25(26-23(18)29)8-11-28(12-9-25)24(30)21-13-17-5-4-6-20(31-3)22(17)32-21;3-2(4,5)1(6)7/h4-6,13,16,18-19H,7-12,14-15H2,1-3H3,(H,26,29);(H,6,7)/t18-,19+;/m1./s1. The lowest BCUT2D eigenvalue weighted by atomic mass is 9.75. The largest absolute Gasteiger partial charge is 0.493 e. The number of nitrogens with one attached hydrogen (secondary N) is 1. The highest BCUT2D eigenvalue weighted by molar-refractivity contribution is 5.97. The normalized spacial score (nSPS) is 22.5. The molecule has 5 rings (SSSR count). The number of hydrogen-bond acceptors (Lipinski definition) is 6. The number of furan rings is 1. The fourth-order valence-electron chi connectivity index (χ4n) is 5.83. The average molecular weight is 554 g/mol. The van der Waals surface area contributed by atoms with Crippen molar-refractivity contribution >= 4 is 28.8 Å². The maximum Gasteiger partial charge on any atom is 0.490 e. The fourth-order valence-corrected chi connectivity index (χ4v) is 5.83. The number of methoxy groups -OCH3 is 1. The third kappa shape index (κ3) is 6.00. The molecule has 0 saturated carbocycles. The Labute approximate surface area is 224 Å². The minimum absolute atomic E-state index is 0.0900. The van der Waals surface area contributed by atoms with Gasteiger partial charge in [-0.25, -0.2) is 4.79 Å². The molecule has 0 radical (unpaired) electrons. The monoisotopic (exact) mass is 553 g/mol. The van der Waals surface area contributed by atoms with Crippen molar-refractivity contribution in [3.8, 4) is 5.75 Å². The summed E-state index contributed by atoms with van der Waals surface area (Å²) in [5.41, 5.74) is 0.424. The molecule has 2 aromatic rings. The molecule has 214 valence electrons. The molecule has 1 aromatic heterocycles. The van der Waals surface area contributed by atoms with Gasteiger partial charge in [-0.3, -0.25) is 9.59 Å². The van der Waals surface area contributed by atoms with E-state index in [0.717, 1.165) is 37.9 Å². The van der Waals surface area contributed by atoms with E-state index in [2.05, 4.69) is 24.1 Å². The number of likely N-dealkylation sites (tertiary alicyclic amines) is 2. The summed E-state index contributed by atoms with van der Waals surface area (Å²) < 4.78 is 43.0. The van der Waals surface area contributed by atoms with Gasteiger partial charge >= 0.3 is 12.1 Å². The summed E-state index contributed by atoms with van der Waals surface area (Å²) in [6.07, 6.45) is -2.32. The van der Waals surface area contributed by atoms with Crippen molar-refractivity contribution in [1.29, 1.82) is 0 Å². The van der Waals surface area contributed by atoms with Crippen LogP contribution in [0.15, 0.2) is 28.7 Å². The van der Waals surface area contributed by atoms with Gasteiger partial charge in [0.05, 0.1) is 13.0 Å². The number of carbonyl (C=O) groups is 3. The summed E-state index contributed by atoms with van der Waals surface area (Å²) in [7, 11) is 1.60. The van der Waals surface area contributed by atoms with E-state index in [1.807, 2.05) is 23.1 Å². The predicted molar refractivity (Wildman–Crippen MR) is 135 cm³/mol. The number of amides is 2. The molecule has 3 aliphatic heterocycles. The van der Waals surface area contributed by atoms with Crippen LogP contribution in [0.25, 0.3) is 11.0 Å². The third-order valence-corrected chi connectivity index (χ3v) is 7.96. The van der Waals surface area contributed by atoms with Crippen molar-refractivity contribution < 1.29 is 41.8 Å². The van der Waals surface area contributed by atoms with Gasteiger partial charge in [-0.2, -0.15) is 13.2 Å². The smallest absolute Gasteiger partial charge is 0.490 e. The van der Waals surface area contributed by atoms with Gasteiger partial charge in [0.25, 0.3) is 5.91 Å². The molecular formula is C27H34F3N3O6. The molecule has 0 bridgehead atoms. The van der Waals surface area contributed by atoms with Crippen LogP contribution in [0.4, 0.5) is 13.2 Å². The van der Waals surface area contributed by atoms with Crippen molar-refractivity contribution in [3.63, 3.8) is 0 Å². The van der Waals surface area contributed by atoms with Crippen molar-refractivity contribution in [2.24, 2.45) is 17.8 Å². The van der Waals surface area contributed by atoms with E-state index in [0.29, 0.717) is 42.0 Å². The number of benzene rings is 1. The van der Waals surface area contributed by atoms with E-state index in [1.54, 1.807) is 13.2 Å². The van der Waals surface area contributed by atoms with Crippen molar-refractivity contribution in [2.75, 3.05) is 39.8 Å². The first-order valence-corrected chi connectivity index (χ1v) is 13.0. The number of carboxylic acid groups (broad SMARTS) is 1. The molecule has 0 aliphatic carbocycles. The number of carboxylic acids is 1. The first-order chi connectivity index (χ1) is 18.3. The molecule has 3 fully saturated rings. The van der Waals surface area contributed by atoms with Crippen LogP contribution < -0.4 is 10.1 Å². The Balaban J connectivity index is 0.000000448. The van der Waals surface area contributed by atoms with Gasteiger partial charge in [-0.1, -0.05) is 26.0 Å². The number of rotatable bonds is 5. The molecule has 39 heavy (non-hydrogen) atoms. The van der Waals surface area contributed by atoms with E-state index in [9.17, 15) is 22.8 Å². The SMILES string of the molecule is COc1cccc2cc(C(=O)N3CCC4(CC3)NC(=O)[C@@H]3CN(CCC(C)C)C[C@@H]34)oc12.O=C(O)C(F)(F)F.